The fourth-order valence-electron chi connectivity index (χ4n) is 6.22. The SMILES string of the molecule is COc1ccc([C@H](NC(=O)[C@@H](CC(=O)C(c2cccc(C(F)(F)F)c2)C(F)(F)F)Cc2ccc(CNC(=O)OC(C)(C)C)cc2)C(=O)C[C@H](C(=O)C(F)(F)F)C(C)C)cc1. The molecular weight excluding hydrogens is 815 g/mol. The number of benzene rings is 3. The van der Waals surface area contributed by atoms with Crippen LogP contribution in [0.4, 0.5) is 44.3 Å². The Morgan fingerprint density at radius 2 is 1.30 bits per heavy atom. The average molecular weight is 861 g/mol. The Balaban J connectivity index is 2.07. The van der Waals surface area contributed by atoms with Gasteiger partial charge in [-0.25, -0.2) is 4.79 Å². The maximum absolute atomic E-state index is 14.6. The Hall–Kier alpha value is -5.42. The Kier molecular flexibility index (Phi) is 16.1. The van der Waals surface area contributed by atoms with Crippen LogP contribution in [0.25, 0.3) is 0 Å². The summed E-state index contributed by atoms with van der Waals surface area (Å²) < 4.78 is 135. The highest BCUT2D eigenvalue weighted by molar-refractivity contribution is 5.97. The molecule has 3 aromatic carbocycles. The molecule has 0 aromatic heterocycles. The third-order valence-electron chi connectivity index (χ3n) is 9.26. The Labute approximate surface area is 340 Å². The van der Waals surface area contributed by atoms with E-state index in [0.29, 0.717) is 23.8 Å². The molecule has 0 heterocycles. The molecule has 0 aliphatic rings. The first-order valence-electron chi connectivity index (χ1n) is 18.5. The smallest absolute Gasteiger partial charge is 0.450 e. The molecule has 0 aliphatic carbocycles. The van der Waals surface area contributed by atoms with Gasteiger partial charge in [0.2, 0.25) is 11.7 Å². The summed E-state index contributed by atoms with van der Waals surface area (Å²) in [5.74, 6) is -13.6. The molecule has 2 N–H and O–H groups in total. The zero-order chi connectivity index (χ0) is 45.4. The van der Waals surface area contributed by atoms with Gasteiger partial charge in [-0.2, -0.15) is 39.5 Å². The molecule has 328 valence electrons. The van der Waals surface area contributed by atoms with Crippen molar-refractivity contribution in [3.8, 4) is 5.75 Å². The summed E-state index contributed by atoms with van der Waals surface area (Å²) in [5, 5.41) is 4.90. The molecule has 0 saturated carbocycles. The number of alkyl carbamates (subject to hydrolysis) is 1. The van der Waals surface area contributed by atoms with Crippen molar-refractivity contribution >= 4 is 29.4 Å². The topological polar surface area (TPSA) is 128 Å². The minimum atomic E-state index is -5.43. The van der Waals surface area contributed by atoms with Gasteiger partial charge in [0.1, 0.15) is 29.1 Å². The number of hydrogen-bond acceptors (Lipinski definition) is 7. The van der Waals surface area contributed by atoms with Crippen molar-refractivity contribution < 1.29 is 73.0 Å². The lowest BCUT2D eigenvalue weighted by Crippen LogP contribution is -2.42. The number of methoxy groups -OCH3 is 1. The summed E-state index contributed by atoms with van der Waals surface area (Å²) in [6.07, 6.45) is -19.2. The van der Waals surface area contributed by atoms with Crippen LogP contribution in [0.2, 0.25) is 0 Å². The van der Waals surface area contributed by atoms with E-state index < -0.39 is 114 Å². The Bertz CT molecular complexity index is 1970. The normalized spacial score (nSPS) is 14.4. The molecule has 0 saturated heterocycles. The summed E-state index contributed by atoms with van der Waals surface area (Å²) in [5.41, 5.74) is -2.52. The van der Waals surface area contributed by atoms with Crippen molar-refractivity contribution in [2.45, 2.75) is 96.5 Å². The number of carbonyl (C=O) groups excluding carboxylic acids is 5. The molecule has 0 spiro atoms. The van der Waals surface area contributed by atoms with E-state index in [1.807, 2.05) is 0 Å². The van der Waals surface area contributed by atoms with Crippen LogP contribution in [0.15, 0.2) is 72.8 Å². The van der Waals surface area contributed by atoms with Crippen molar-refractivity contribution in [2.24, 2.45) is 17.8 Å². The molecule has 9 nitrogen and oxygen atoms in total. The number of alkyl halides is 9. The van der Waals surface area contributed by atoms with Crippen LogP contribution in [0.5, 0.6) is 5.75 Å². The quantitative estimate of drug-likeness (QED) is 0.130. The van der Waals surface area contributed by atoms with Crippen LogP contribution in [0.3, 0.4) is 0 Å². The first-order chi connectivity index (χ1) is 27.6. The van der Waals surface area contributed by atoms with Gasteiger partial charge in [0, 0.05) is 31.2 Å². The van der Waals surface area contributed by atoms with Crippen LogP contribution < -0.4 is 15.4 Å². The van der Waals surface area contributed by atoms with Gasteiger partial charge in [-0.05, 0) is 73.6 Å². The summed E-state index contributed by atoms with van der Waals surface area (Å²) >= 11 is 0. The highest BCUT2D eigenvalue weighted by Gasteiger charge is 2.48. The van der Waals surface area contributed by atoms with Gasteiger partial charge in [0.25, 0.3) is 0 Å². The molecule has 2 amide bonds. The molecule has 60 heavy (non-hydrogen) atoms. The van der Waals surface area contributed by atoms with Crippen molar-refractivity contribution in [2.75, 3.05) is 7.11 Å². The zero-order valence-corrected chi connectivity index (χ0v) is 33.4. The lowest BCUT2D eigenvalue weighted by Gasteiger charge is -2.27. The minimum Gasteiger partial charge on any atom is -0.497 e. The van der Waals surface area contributed by atoms with Gasteiger partial charge >= 0.3 is 24.6 Å². The van der Waals surface area contributed by atoms with E-state index in [2.05, 4.69) is 10.6 Å². The van der Waals surface area contributed by atoms with E-state index in [1.54, 1.807) is 20.8 Å². The first-order valence-corrected chi connectivity index (χ1v) is 18.5. The molecular formula is C42H45F9N2O7. The third-order valence-corrected chi connectivity index (χ3v) is 9.26. The third kappa shape index (κ3) is 14.4. The molecule has 3 aromatic rings. The average Bonchev–Trinajstić information content (AvgIpc) is 3.13. The second kappa shape index (κ2) is 19.8. The van der Waals surface area contributed by atoms with Crippen molar-refractivity contribution in [3.63, 3.8) is 0 Å². The maximum atomic E-state index is 14.6. The number of ketones is 3. The predicted octanol–water partition coefficient (Wildman–Crippen LogP) is 9.42. The van der Waals surface area contributed by atoms with Crippen LogP contribution in [0.1, 0.15) is 87.2 Å². The largest absolute Gasteiger partial charge is 0.497 e. The number of halogens is 9. The highest BCUT2D eigenvalue weighted by atomic mass is 19.4. The number of amides is 2. The molecule has 4 atom stereocenters. The fraction of sp³-hybridized carbons (Fsp3) is 0.452. The summed E-state index contributed by atoms with van der Waals surface area (Å²) in [4.78, 5) is 66.1. The van der Waals surface area contributed by atoms with E-state index in [-0.39, 0.29) is 29.5 Å². The first kappa shape index (κ1) is 48.9. The summed E-state index contributed by atoms with van der Waals surface area (Å²) in [7, 11) is 1.31. The molecule has 1 unspecified atom stereocenters. The van der Waals surface area contributed by atoms with Crippen molar-refractivity contribution in [3.05, 3.63) is 101 Å². The van der Waals surface area contributed by atoms with Crippen LogP contribution >= 0.6 is 0 Å². The molecule has 3 rings (SSSR count). The van der Waals surface area contributed by atoms with Gasteiger partial charge in [-0.1, -0.05) is 68.4 Å². The number of ether oxygens (including phenoxy) is 2. The molecule has 0 radical (unpaired) electrons. The second-order valence-electron chi connectivity index (χ2n) is 15.4. The second-order valence-corrected chi connectivity index (χ2v) is 15.4. The van der Waals surface area contributed by atoms with E-state index in [4.69, 9.17) is 9.47 Å². The minimum absolute atomic E-state index is 0.0137. The van der Waals surface area contributed by atoms with E-state index in [0.717, 1.165) is 0 Å². The lowest BCUT2D eigenvalue weighted by atomic mass is 9.83. The van der Waals surface area contributed by atoms with E-state index >= 15 is 0 Å². The molecule has 0 bridgehead atoms. The number of hydrogen-bond donors (Lipinski definition) is 2. The van der Waals surface area contributed by atoms with Crippen molar-refractivity contribution in [1.29, 1.82) is 0 Å². The van der Waals surface area contributed by atoms with Gasteiger partial charge in [0.15, 0.2) is 5.78 Å². The van der Waals surface area contributed by atoms with Gasteiger partial charge < -0.3 is 20.1 Å². The summed E-state index contributed by atoms with van der Waals surface area (Å²) in [6, 6.07) is 11.5. The molecule has 18 heteroatoms. The molecule has 0 aliphatic heterocycles. The van der Waals surface area contributed by atoms with Crippen LogP contribution in [-0.4, -0.2) is 54.4 Å². The summed E-state index contributed by atoms with van der Waals surface area (Å²) in [6.45, 7) is 7.50. The maximum Gasteiger partial charge on any atom is 0.450 e. The molecule has 0 fully saturated rings. The van der Waals surface area contributed by atoms with Gasteiger partial charge in [-0.3, -0.25) is 19.2 Å². The Morgan fingerprint density at radius 3 is 1.80 bits per heavy atom. The fourth-order valence-corrected chi connectivity index (χ4v) is 6.22. The number of Topliss-reactive ketones (excluding diaryl/α,β-unsaturated/α-hetero) is 3. The highest BCUT2D eigenvalue weighted by Crippen LogP contribution is 2.40. The van der Waals surface area contributed by atoms with E-state index in [1.165, 1.54) is 69.5 Å². The van der Waals surface area contributed by atoms with Gasteiger partial charge in [-0.15, -0.1) is 0 Å². The van der Waals surface area contributed by atoms with Gasteiger partial charge in [0.05, 0.1) is 12.7 Å². The number of rotatable bonds is 17. The lowest BCUT2D eigenvalue weighted by molar-refractivity contribution is -0.177. The van der Waals surface area contributed by atoms with Crippen molar-refractivity contribution in [1.82, 2.24) is 10.6 Å². The van der Waals surface area contributed by atoms with Crippen LogP contribution in [0, 0.1) is 17.8 Å². The monoisotopic (exact) mass is 860 g/mol. The van der Waals surface area contributed by atoms with Crippen LogP contribution in [-0.2, 0) is 43.1 Å². The Morgan fingerprint density at radius 1 is 0.717 bits per heavy atom. The van der Waals surface area contributed by atoms with E-state index in [9.17, 15) is 63.5 Å². The zero-order valence-electron chi connectivity index (χ0n) is 33.4. The predicted molar refractivity (Wildman–Crippen MR) is 199 cm³/mol. The standard InChI is InChI=1S/C42H45F9N2O7/c1-23(2)31(36(56)42(49,50)51)21-33(55)35(26-14-16-30(59-6)17-15-26)53-37(57)28(18-24-10-12-25(13-11-24)22-52-38(58)60-39(3,4)5)20-32(54)34(41(46,47)48)27-8-7-9-29(19-27)40(43,44)45/h7-17,19,23,28,31,34-35H,18,20-22H2,1-6H3,(H,52,58)(H,53,57)/t28-,31+,34?,35+/m1/s1. The number of nitrogens with one attached hydrogen (secondary N) is 2. The number of carbonyl (C=O) groups is 5.